The number of para-hydroxylation sites is 1. The second kappa shape index (κ2) is 15.7. The van der Waals surface area contributed by atoms with Crippen LogP contribution in [0.15, 0.2) is 97.2 Å². The standard InChI is InChI=1S/C16H12ClNO2.C6H6.2C2H4O2/c17-14-7-5-13(6-8-14)16(19)11-20-18-10-9-12-3-1-2-4-15(12)18;1-2-4-6-5-3-1;2*1-2(3)4/h1-10H,11H2;1-6H;2*1H3,(H,3,4). The lowest BCUT2D eigenvalue weighted by Crippen LogP contribution is -2.19. The van der Waals surface area contributed by atoms with Crippen molar-refractivity contribution < 1.29 is 29.4 Å². The SMILES string of the molecule is CC(=O)O.CC(=O)O.O=C(COn1ccc2ccccc21)c1ccc(Cl)cc1.c1ccccc1. The molecule has 0 radical (unpaired) electrons. The molecule has 178 valence electrons. The summed E-state index contributed by atoms with van der Waals surface area (Å²) in [6.07, 6.45) is 1.81. The molecule has 3 aromatic carbocycles. The highest BCUT2D eigenvalue weighted by atomic mass is 35.5. The van der Waals surface area contributed by atoms with Crippen molar-refractivity contribution in [2.24, 2.45) is 0 Å². The van der Waals surface area contributed by atoms with E-state index in [9.17, 15) is 4.79 Å². The Labute approximate surface area is 202 Å². The van der Waals surface area contributed by atoms with Crippen molar-refractivity contribution in [3.63, 3.8) is 0 Å². The quantitative estimate of drug-likeness (QED) is 0.372. The molecule has 0 unspecified atom stereocenters. The Bertz CT molecular complexity index is 1110. The number of carbonyl (C=O) groups excluding carboxylic acids is 1. The van der Waals surface area contributed by atoms with Gasteiger partial charge >= 0.3 is 0 Å². The number of fused-ring (bicyclic) bond motifs is 1. The van der Waals surface area contributed by atoms with E-state index in [1.165, 1.54) is 0 Å². The first kappa shape index (κ1) is 27.9. The molecule has 4 rings (SSSR count). The molecule has 0 atom stereocenters. The Morgan fingerprint density at radius 2 is 1.24 bits per heavy atom. The average Bonchev–Trinajstić information content (AvgIpc) is 3.22. The molecule has 0 spiro atoms. The van der Waals surface area contributed by atoms with E-state index in [4.69, 9.17) is 36.2 Å². The smallest absolute Gasteiger partial charge is 0.300 e. The van der Waals surface area contributed by atoms with Crippen molar-refractivity contribution in [2.75, 3.05) is 6.61 Å². The molecule has 0 aliphatic carbocycles. The highest BCUT2D eigenvalue weighted by molar-refractivity contribution is 6.30. The lowest BCUT2D eigenvalue weighted by Gasteiger charge is -2.07. The molecule has 0 fully saturated rings. The minimum atomic E-state index is -0.833. The Hall–Kier alpha value is -4.10. The zero-order chi connectivity index (χ0) is 25.3. The van der Waals surface area contributed by atoms with Gasteiger partial charge in [-0.1, -0.05) is 66.2 Å². The van der Waals surface area contributed by atoms with E-state index in [2.05, 4.69) is 0 Å². The molecule has 1 heterocycles. The molecule has 0 aliphatic heterocycles. The number of benzene rings is 3. The van der Waals surface area contributed by atoms with Gasteiger partial charge in [-0.3, -0.25) is 14.4 Å². The second-order valence-corrected chi connectivity index (χ2v) is 7.03. The molecule has 8 heteroatoms. The van der Waals surface area contributed by atoms with Crippen LogP contribution in [0.3, 0.4) is 0 Å². The minimum absolute atomic E-state index is 0.0136. The van der Waals surface area contributed by atoms with E-state index >= 15 is 0 Å². The summed E-state index contributed by atoms with van der Waals surface area (Å²) in [7, 11) is 0. The van der Waals surface area contributed by atoms with E-state index in [1.807, 2.05) is 66.7 Å². The number of carboxylic acid groups (broad SMARTS) is 2. The molecule has 0 saturated heterocycles. The maximum Gasteiger partial charge on any atom is 0.300 e. The first-order valence-corrected chi connectivity index (χ1v) is 10.5. The van der Waals surface area contributed by atoms with Gasteiger partial charge in [0.1, 0.15) is 0 Å². The van der Waals surface area contributed by atoms with Crippen molar-refractivity contribution in [3.05, 3.63) is 108 Å². The van der Waals surface area contributed by atoms with Gasteiger partial charge in [0, 0.05) is 36.0 Å². The van der Waals surface area contributed by atoms with Gasteiger partial charge in [0.2, 0.25) is 5.78 Å². The fraction of sp³-hybridized carbons (Fsp3) is 0.115. The summed E-state index contributed by atoms with van der Waals surface area (Å²) in [5.74, 6) is -1.75. The second-order valence-electron chi connectivity index (χ2n) is 6.60. The van der Waals surface area contributed by atoms with Gasteiger partial charge in [0.05, 0.1) is 5.52 Å². The summed E-state index contributed by atoms with van der Waals surface area (Å²) in [4.78, 5) is 35.5. The van der Waals surface area contributed by atoms with Crippen LogP contribution >= 0.6 is 11.6 Å². The van der Waals surface area contributed by atoms with Crippen LogP contribution in [0, 0.1) is 0 Å². The zero-order valence-electron chi connectivity index (χ0n) is 18.8. The number of carboxylic acids is 2. The van der Waals surface area contributed by atoms with Crippen LogP contribution in [0.2, 0.25) is 5.02 Å². The van der Waals surface area contributed by atoms with Crippen molar-refractivity contribution >= 4 is 40.2 Å². The summed E-state index contributed by atoms with van der Waals surface area (Å²) in [6.45, 7) is 2.15. The first-order valence-electron chi connectivity index (χ1n) is 10.1. The molecule has 4 aromatic rings. The van der Waals surface area contributed by atoms with Crippen LogP contribution in [0.1, 0.15) is 24.2 Å². The monoisotopic (exact) mass is 483 g/mol. The normalized spacial score (nSPS) is 9.15. The van der Waals surface area contributed by atoms with Crippen molar-refractivity contribution in [2.45, 2.75) is 13.8 Å². The fourth-order valence-electron chi connectivity index (χ4n) is 2.40. The van der Waals surface area contributed by atoms with Crippen LogP contribution < -0.4 is 4.84 Å². The molecule has 34 heavy (non-hydrogen) atoms. The molecule has 2 N–H and O–H groups in total. The Morgan fingerprint density at radius 1 is 0.765 bits per heavy atom. The first-order chi connectivity index (χ1) is 16.2. The molecule has 0 aliphatic rings. The van der Waals surface area contributed by atoms with E-state index < -0.39 is 11.9 Å². The van der Waals surface area contributed by atoms with E-state index in [0.717, 1.165) is 24.8 Å². The van der Waals surface area contributed by atoms with Crippen LogP contribution in [0.5, 0.6) is 0 Å². The predicted octanol–water partition coefficient (Wildman–Crippen LogP) is 5.47. The third-order valence-corrected chi connectivity index (χ3v) is 3.98. The van der Waals surface area contributed by atoms with Gasteiger partial charge in [-0.15, -0.1) is 0 Å². The highest BCUT2D eigenvalue weighted by Crippen LogP contribution is 2.14. The molecule has 0 bridgehead atoms. The largest absolute Gasteiger partial charge is 0.481 e. The maximum absolute atomic E-state index is 12.0. The van der Waals surface area contributed by atoms with Crippen LogP contribution in [-0.4, -0.2) is 39.3 Å². The molecule has 0 amide bonds. The van der Waals surface area contributed by atoms with E-state index in [-0.39, 0.29) is 12.4 Å². The van der Waals surface area contributed by atoms with Gasteiger partial charge < -0.3 is 15.1 Å². The topological polar surface area (TPSA) is 106 Å². The molecular weight excluding hydrogens is 458 g/mol. The lowest BCUT2D eigenvalue weighted by molar-refractivity contribution is -0.135. The van der Waals surface area contributed by atoms with E-state index in [1.54, 1.807) is 35.2 Å². The molecule has 1 aromatic heterocycles. The van der Waals surface area contributed by atoms with Gasteiger partial charge in [-0.25, -0.2) is 0 Å². The third kappa shape index (κ3) is 12.1. The van der Waals surface area contributed by atoms with Crippen molar-refractivity contribution in [1.29, 1.82) is 0 Å². The maximum atomic E-state index is 12.0. The number of hydrogen-bond acceptors (Lipinski definition) is 4. The highest BCUT2D eigenvalue weighted by Gasteiger charge is 2.08. The zero-order valence-corrected chi connectivity index (χ0v) is 19.6. The molecule has 0 saturated carbocycles. The van der Waals surface area contributed by atoms with E-state index in [0.29, 0.717) is 10.6 Å². The summed E-state index contributed by atoms with van der Waals surface area (Å²) in [5.41, 5.74) is 1.53. The van der Waals surface area contributed by atoms with Gasteiger partial charge in [-0.05, 0) is 36.4 Å². The number of aliphatic carboxylic acids is 2. The fourth-order valence-corrected chi connectivity index (χ4v) is 2.53. The predicted molar refractivity (Wildman–Crippen MR) is 132 cm³/mol. The number of carbonyl (C=O) groups is 3. The number of ketones is 1. The minimum Gasteiger partial charge on any atom is -0.481 e. The van der Waals surface area contributed by atoms with Crippen LogP contribution in [0.25, 0.3) is 10.9 Å². The van der Waals surface area contributed by atoms with Crippen LogP contribution in [-0.2, 0) is 9.59 Å². The Kier molecular flexibility index (Phi) is 12.9. The summed E-state index contributed by atoms with van der Waals surface area (Å²) < 4.78 is 1.61. The molecule has 7 nitrogen and oxygen atoms in total. The summed E-state index contributed by atoms with van der Waals surface area (Å²) >= 11 is 5.79. The Balaban J connectivity index is 0.000000338. The summed E-state index contributed by atoms with van der Waals surface area (Å²) in [5, 5.41) is 16.5. The number of Topliss-reactive ketones (excluding diaryl/α,β-unsaturated/α-hetero) is 1. The number of hydrogen-bond donors (Lipinski definition) is 2. The van der Waals surface area contributed by atoms with Gasteiger partial charge in [0.25, 0.3) is 11.9 Å². The lowest BCUT2D eigenvalue weighted by atomic mass is 10.1. The van der Waals surface area contributed by atoms with Gasteiger partial charge in [0.15, 0.2) is 6.61 Å². The molecular formula is C26H26ClNO6. The number of nitrogens with zero attached hydrogens (tertiary/aromatic N) is 1. The van der Waals surface area contributed by atoms with Crippen molar-refractivity contribution in [3.8, 4) is 0 Å². The summed E-state index contributed by atoms with van der Waals surface area (Å²) in [6, 6.07) is 28.6. The number of halogens is 1. The average molecular weight is 484 g/mol. The van der Waals surface area contributed by atoms with Crippen molar-refractivity contribution in [1.82, 2.24) is 4.73 Å². The van der Waals surface area contributed by atoms with Crippen LogP contribution in [0.4, 0.5) is 0 Å². The number of aromatic nitrogens is 1. The Morgan fingerprint density at radius 3 is 1.74 bits per heavy atom. The number of rotatable bonds is 4. The van der Waals surface area contributed by atoms with Gasteiger partial charge in [-0.2, -0.15) is 4.73 Å². The third-order valence-electron chi connectivity index (χ3n) is 3.73.